The monoisotopic (exact) mass is 425 g/mol. The van der Waals surface area contributed by atoms with Crippen molar-refractivity contribution in [1.82, 2.24) is 4.90 Å². The molecule has 0 unspecified atom stereocenters. The van der Waals surface area contributed by atoms with E-state index >= 15 is 0 Å². The Bertz CT molecular complexity index is 923. The molecule has 0 aliphatic carbocycles. The number of nitrogens with zero attached hydrogens (tertiary/aromatic N) is 1. The van der Waals surface area contributed by atoms with Gasteiger partial charge in [-0.3, -0.25) is 4.79 Å². The Morgan fingerprint density at radius 3 is 2.46 bits per heavy atom. The van der Waals surface area contributed by atoms with Crippen LogP contribution in [-0.2, 0) is 26.2 Å². The smallest absolute Gasteiger partial charge is 0.340 e. The first-order valence-electron chi connectivity index (χ1n) is 8.72. The first-order valence-corrected chi connectivity index (χ1v) is 10.5. The van der Waals surface area contributed by atoms with Gasteiger partial charge in [0.15, 0.2) is 0 Å². The van der Waals surface area contributed by atoms with Crippen LogP contribution in [-0.4, -0.2) is 39.0 Å². The van der Waals surface area contributed by atoms with E-state index in [1.807, 2.05) is 13.8 Å². The van der Waals surface area contributed by atoms with E-state index in [1.54, 1.807) is 48.2 Å². The largest absolute Gasteiger partial charge is 0.379 e. The minimum atomic E-state index is -4.09. The van der Waals surface area contributed by atoms with Gasteiger partial charge in [0, 0.05) is 19.7 Å². The van der Waals surface area contributed by atoms with Gasteiger partial charge in [0.25, 0.3) is 0 Å². The van der Waals surface area contributed by atoms with Gasteiger partial charge in [0.2, 0.25) is 5.91 Å². The van der Waals surface area contributed by atoms with Crippen LogP contribution in [0.1, 0.15) is 25.0 Å². The molecule has 0 aliphatic rings. The number of methoxy groups -OCH3 is 1. The van der Waals surface area contributed by atoms with Gasteiger partial charge < -0.3 is 13.8 Å². The molecule has 8 heteroatoms. The van der Waals surface area contributed by atoms with Crippen LogP contribution in [0.3, 0.4) is 0 Å². The van der Waals surface area contributed by atoms with E-state index in [-0.39, 0.29) is 34.2 Å². The van der Waals surface area contributed by atoms with Crippen molar-refractivity contribution in [2.45, 2.75) is 38.3 Å². The topological polar surface area (TPSA) is 72.9 Å². The molecule has 0 saturated heterocycles. The summed E-state index contributed by atoms with van der Waals surface area (Å²) < 4.78 is 35.6. The van der Waals surface area contributed by atoms with Crippen molar-refractivity contribution in [1.29, 1.82) is 0 Å². The van der Waals surface area contributed by atoms with Gasteiger partial charge in [0.1, 0.15) is 17.3 Å². The van der Waals surface area contributed by atoms with Crippen LogP contribution in [0.15, 0.2) is 47.4 Å². The van der Waals surface area contributed by atoms with Gasteiger partial charge in [-0.25, -0.2) is 0 Å². The number of carbonyl (C=O) groups excluding carboxylic acids is 1. The fraction of sp³-hybridized carbons (Fsp3) is 0.350. The van der Waals surface area contributed by atoms with Gasteiger partial charge in [0.05, 0.1) is 5.02 Å². The molecule has 0 aromatic heterocycles. The third-order valence-electron chi connectivity index (χ3n) is 4.08. The number of benzene rings is 2. The normalized spacial score (nSPS) is 11.5. The highest BCUT2D eigenvalue weighted by Crippen LogP contribution is 2.28. The molecule has 0 aliphatic heterocycles. The second kappa shape index (κ2) is 9.41. The van der Waals surface area contributed by atoms with Crippen molar-refractivity contribution in [3.05, 3.63) is 58.6 Å². The summed E-state index contributed by atoms with van der Waals surface area (Å²) in [5.41, 5.74) is 1.24. The molecule has 152 valence electrons. The molecule has 28 heavy (non-hydrogen) atoms. The van der Waals surface area contributed by atoms with Gasteiger partial charge >= 0.3 is 10.1 Å². The fourth-order valence-corrected chi connectivity index (χ4v) is 4.47. The number of halogens is 1. The molecule has 6 nitrogen and oxygen atoms in total. The fourth-order valence-electron chi connectivity index (χ4n) is 2.76. The van der Waals surface area contributed by atoms with Crippen molar-refractivity contribution in [2.24, 2.45) is 0 Å². The lowest BCUT2D eigenvalue weighted by molar-refractivity contribution is -0.137. The van der Waals surface area contributed by atoms with Gasteiger partial charge in [-0.05, 0) is 50.1 Å². The summed E-state index contributed by atoms with van der Waals surface area (Å²) in [6.07, 6.45) is 0. The second-order valence-electron chi connectivity index (χ2n) is 6.62. The minimum Gasteiger partial charge on any atom is -0.379 e. The van der Waals surface area contributed by atoms with Gasteiger partial charge in [-0.15, -0.1) is 0 Å². The lowest BCUT2D eigenvalue weighted by Crippen LogP contribution is -2.38. The molecular formula is C20H24ClNO5S. The second-order valence-corrected chi connectivity index (χ2v) is 8.51. The average Bonchev–Trinajstić information content (AvgIpc) is 2.59. The molecule has 2 aromatic carbocycles. The van der Waals surface area contributed by atoms with E-state index < -0.39 is 10.1 Å². The lowest BCUT2D eigenvalue weighted by Gasteiger charge is -2.26. The number of rotatable bonds is 8. The third-order valence-corrected chi connectivity index (χ3v) is 5.96. The van der Waals surface area contributed by atoms with Crippen LogP contribution >= 0.6 is 11.6 Å². The van der Waals surface area contributed by atoms with E-state index in [0.717, 1.165) is 5.56 Å². The van der Waals surface area contributed by atoms with Crippen molar-refractivity contribution in [2.75, 3.05) is 13.7 Å². The highest BCUT2D eigenvalue weighted by atomic mass is 35.5. The summed E-state index contributed by atoms with van der Waals surface area (Å²) in [5.74, 6) is 0.00264. The van der Waals surface area contributed by atoms with E-state index in [9.17, 15) is 13.2 Å². The molecule has 1 amide bonds. The Hall–Kier alpha value is -2.09. The number of hydrogen-bond acceptors (Lipinski definition) is 5. The predicted octanol–water partition coefficient (Wildman–Crippen LogP) is 3.80. The molecule has 0 saturated carbocycles. The summed E-state index contributed by atoms with van der Waals surface area (Å²) in [6.45, 7) is 5.74. The zero-order valence-corrected chi connectivity index (χ0v) is 17.9. The van der Waals surface area contributed by atoms with Crippen LogP contribution in [0.5, 0.6) is 5.75 Å². The molecule has 0 N–H and O–H groups in total. The first kappa shape index (κ1) is 22.2. The zero-order valence-electron chi connectivity index (χ0n) is 16.3. The van der Waals surface area contributed by atoms with E-state index in [1.165, 1.54) is 13.2 Å². The Morgan fingerprint density at radius 1 is 1.18 bits per heavy atom. The van der Waals surface area contributed by atoms with E-state index in [2.05, 4.69) is 0 Å². The highest BCUT2D eigenvalue weighted by molar-refractivity contribution is 7.87. The standard InChI is InChI=1S/C20H24ClNO5S/c1-14(2)22(19(23)13-26-4)12-16-8-6-9-17(11-16)27-28(24,25)20-15(3)7-5-10-18(20)21/h5-11,14H,12-13H2,1-4H3. The van der Waals surface area contributed by atoms with Crippen molar-refractivity contribution in [3.63, 3.8) is 0 Å². The third kappa shape index (κ3) is 5.47. The van der Waals surface area contributed by atoms with Crippen LogP contribution in [0, 0.1) is 6.92 Å². The van der Waals surface area contributed by atoms with Crippen LogP contribution in [0.25, 0.3) is 0 Å². The molecule has 0 fully saturated rings. The lowest BCUT2D eigenvalue weighted by atomic mass is 10.2. The van der Waals surface area contributed by atoms with Crippen molar-refractivity contribution >= 4 is 27.6 Å². The molecule has 2 rings (SSSR count). The maximum absolute atomic E-state index is 12.7. The van der Waals surface area contributed by atoms with Crippen molar-refractivity contribution < 1.29 is 22.1 Å². The molecule has 2 aromatic rings. The Kier molecular flexibility index (Phi) is 7.46. The van der Waals surface area contributed by atoms with Crippen LogP contribution in [0.2, 0.25) is 5.02 Å². The van der Waals surface area contributed by atoms with Crippen LogP contribution < -0.4 is 4.18 Å². The Labute approximate surface area is 171 Å². The summed E-state index contributed by atoms with van der Waals surface area (Å²) in [4.78, 5) is 13.8. The number of ether oxygens (including phenoxy) is 1. The minimum absolute atomic E-state index is 0.0193. The molecule has 0 bridgehead atoms. The number of carbonyl (C=O) groups is 1. The molecule has 0 atom stereocenters. The van der Waals surface area contributed by atoms with E-state index in [0.29, 0.717) is 12.1 Å². The predicted molar refractivity (Wildman–Crippen MR) is 108 cm³/mol. The summed E-state index contributed by atoms with van der Waals surface area (Å²) >= 11 is 6.06. The maximum Gasteiger partial charge on any atom is 0.340 e. The van der Waals surface area contributed by atoms with Gasteiger partial charge in [-0.1, -0.05) is 35.9 Å². The average molecular weight is 426 g/mol. The Morgan fingerprint density at radius 2 is 1.86 bits per heavy atom. The SMILES string of the molecule is COCC(=O)N(Cc1cccc(OS(=O)(=O)c2c(C)cccc2Cl)c1)C(C)C. The molecule has 0 radical (unpaired) electrons. The number of hydrogen-bond donors (Lipinski definition) is 0. The van der Waals surface area contributed by atoms with Crippen molar-refractivity contribution in [3.8, 4) is 5.75 Å². The summed E-state index contributed by atoms with van der Waals surface area (Å²) in [7, 11) is -2.63. The van der Waals surface area contributed by atoms with Crippen LogP contribution in [0.4, 0.5) is 0 Å². The number of amides is 1. The Balaban J connectivity index is 2.27. The molecule has 0 spiro atoms. The highest BCUT2D eigenvalue weighted by Gasteiger charge is 2.23. The molecule has 0 heterocycles. The summed E-state index contributed by atoms with van der Waals surface area (Å²) in [6, 6.07) is 11.4. The number of aryl methyl sites for hydroxylation is 1. The first-order chi connectivity index (χ1) is 13.2. The quantitative estimate of drug-likeness (QED) is 0.601. The van der Waals surface area contributed by atoms with E-state index in [4.69, 9.17) is 20.5 Å². The molecular weight excluding hydrogens is 402 g/mol. The van der Waals surface area contributed by atoms with Gasteiger partial charge in [-0.2, -0.15) is 8.42 Å². The maximum atomic E-state index is 12.7. The zero-order chi connectivity index (χ0) is 20.9. The summed E-state index contributed by atoms with van der Waals surface area (Å²) in [5, 5.41) is 0.104.